The van der Waals surface area contributed by atoms with Gasteiger partial charge in [-0.25, -0.2) is 9.67 Å². The highest BCUT2D eigenvalue weighted by atomic mass is 16.2. The Kier molecular flexibility index (Phi) is 8.68. The van der Waals surface area contributed by atoms with Crippen LogP contribution >= 0.6 is 0 Å². The van der Waals surface area contributed by atoms with Crippen LogP contribution in [0.25, 0.3) is 16.8 Å². The lowest BCUT2D eigenvalue weighted by atomic mass is 9.88. The van der Waals surface area contributed by atoms with E-state index in [1.807, 2.05) is 67.0 Å². The average molecular weight is 600 g/mol. The van der Waals surface area contributed by atoms with Crippen LogP contribution in [0, 0.1) is 6.92 Å². The van der Waals surface area contributed by atoms with Crippen LogP contribution in [-0.4, -0.2) is 55.6 Å². The number of piperidine rings is 1. The minimum Gasteiger partial charge on any atom is -0.368 e. The predicted molar refractivity (Wildman–Crippen MR) is 177 cm³/mol. The summed E-state index contributed by atoms with van der Waals surface area (Å²) in [5.74, 6) is 0.831. The van der Waals surface area contributed by atoms with Crippen molar-refractivity contribution in [2.24, 2.45) is 0 Å². The Morgan fingerprint density at radius 3 is 2.36 bits per heavy atom. The second-order valence-corrected chi connectivity index (χ2v) is 11.8. The van der Waals surface area contributed by atoms with Crippen molar-refractivity contribution < 1.29 is 9.59 Å². The molecule has 9 heteroatoms. The van der Waals surface area contributed by atoms with E-state index in [2.05, 4.69) is 50.0 Å². The zero-order chi connectivity index (χ0) is 31.3. The normalized spacial score (nSPS) is 13.6. The summed E-state index contributed by atoms with van der Waals surface area (Å²) < 4.78 is 1.83. The number of rotatable bonds is 8. The van der Waals surface area contributed by atoms with Gasteiger partial charge in [0.25, 0.3) is 11.8 Å². The Balaban J connectivity index is 1.05. The van der Waals surface area contributed by atoms with Gasteiger partial charge in [-0.3, -0.25) is 14.6 Å². The molecule has 0 saturated carbocycles. The van der Waals surface area contributed by atoms with Crippen LogP contribution in [0.2, 0.25) is 0 Å². The number of aromatic nitrogens is 4. The molecule has 45 heavy (non-hydrogen) atoms. The van der Waals surface area contributed by atoms with E-state index in [4.69, 9.17) is 0 Å². The Labute approximate surface area is 263 Å². The molecule has 1 aliphatic heterocycles. The molecule has 0 bridgehead atoms. The summed E-state index contributed by atoms with van der Waals surface area (Å²) >= 11 is 0. The Morgan fingerprint density at radius 2 is 1.67 bits per heavy atom. The van der Waals surface area contributed by atoms with Gasteiger partial charge in [0.2, 0.25) is 0 Å². The van der Waals surface area contributed by atoms with E-state index < -0.39 is 0 Å². The third-order valence-corrected chi connectivity index (χ3v) is 8.19. The summed E-state index contributed by atoms with van der Waals surface area (Å²) in [4.78, 5) is 36.8. The molecule has 1 fully saturated rings. The molecule has 9 nitrogen and oxygen atoms in total. The number of pyridine rings is 2. The maximum Gasteiger partial charge on any atom is 0.257 e. The number of nitrogens with one attached hydrogen (secondary N) is 2. The number of aryl methyl sites for hydroxylation is 1. The van der Waals surface area contributed by atoms with E-state index >= 15 is 0 Å². The van der Waals surface area contributed by atoms with Crippen molar-refractivity contribution in [3.63, 3.8) is 0 Å². The number of amides is 2. The molecule has 0 radical (unpaired) electrons. The van der Waals surface area contributed by atoms with Gasteiger partial charge in [-0.1, -0.05) is 30.3 Å². The summed E-state index contributed by atoms with van der Waals surface area (Å²) in [7, 11) is 0. The van der Waals surface area contributed by atoms with Crippen LogP contribution in [-0.2, 0) is 0 Å². The first kappa shape index (κ1) is 29.7. The molecule has 0 unspecified atom stereocenters. The molecule has 2 amide bonds. The Morgan fingerprint density at radius 1 is 0.889 bits per heavy atom. The summed E-state index contributed by atoms with van der Waals surface area (Å²) in [6, 6.07) is 21.8. The van der Waals surface area contributed by atoms with Gasteiger partial charge in [0.05, 0.1) is 23.6 Å². The fourth-order valence-corrected chi connectivity index (χ4v) is 5.64. The summed E-state index contributed by atoms with van der Waals surface area (Å²) in [5, 5.41) is 10.7. The van der Waals surface area contributed by atoms with Crippen LogP contribution in [0.3, 0.4) is 0 Å². The minimum atomic E-state index is -0.263. The molecular weight excluding hydrogens is 562 g/mol. The number of hydrogen-bond donors (Lipinski definition) is 2. The zero-order valence-corrected chi connectivity index (χ0v) is 25.8. The molecule has 1 saturated heterocycles. The third kappa shape index (κ3) is 6.93. The average Bonchev–Trinajstić information content (AvgIpc) is 3.57. The van der Waals surface area contributed by atoms with Crippen LogP contribution in [0.15, 0.2) is 97.7 Å². The number of likely N-dealkylation sites (tertiary alicyclic amines) is 1. The monoisotopic (exact) mass is 599 g/mol. The van der Waals surface area contributed by atoms with Gasteiger partial charge in [-0.05, 0) is 92.6 Å². The fourth-order valence-electron chi connectivity index (χ4n) is 5.64. The molecule has 2 N–H and O–H groups in total. The topological polar surface area (TPSA) is 105 Å². The van der Waals surface area contributed by atoms with Gasteiger partial charge in [-0.2, -0.15) is 5.10 Å². The maximum absolute atomic E-state index is 13.5. The van der Waals surface area contributed by atoms with Crippen molar-refractivity contribution >= 4 is 23.3 Å². The number of hydrogen-bond acceptors (Lipinski definition) is 6. The van der Waals surface area contributed by atoms with Gasteiger partial charge < -0.3 is 15.5 Å². The first-order valence-electron chi connectivity index (χ1n) is 15.3. The quantitative estimate of drug-likeness (QED) is 0.205. The second-order valence-electron chi connectivity index (χ2n) is 11.8. The minimum absolute atomic E-state index is 0.0179. The van der Waals surface area contributed by atoms with Gasteiger partial charge in [0.15, 0.2) is 0 Å². The van der Waals surface area contributed by atoms with Crippen LogP contribution in [0.5, 0.6) is 0 Å². The molecule has 0 spiro atoms. The van der Waals surface area contributed by atoms with Crippen molar-refractivity contribution in [3.8, 4) is 16.8 Å². The van der Waals surface area contributed by atoms with Crippen molar-refractivity contribution in [1.29, 1.82) is 0 Å². The molecule has 0 aliphatic carbocycles. The van der Waals surface area contributed by atoms with Gasteiger partial charge >= 0.3 is 0 Å². The smallest absolute Gasteiger partial charge is 0.257 e. The van der Waals surface area contributed by atoms with Crippen LogP contribution < -0.4 is 10.6 Å². The van der Waals surface area contributed by atoms with Gasteiger partial charge in [0, 0.05) is 54.5 Å². The molecule has 0 atom stereocenters. The molecule has 5 aromatic rings. The van der Waals surface area contributed by atoms with E-state index in [-0.39, 0.29) is 17.9 Å². The molecular formula is C36H37N7O2. The molecule has 228 valence electrons. The summed E-state index contributed by atoms with van der Waals surface area (Å²) in [6.45, 7) is 7.34. The first-order valence-corrected chi connectivity index (χ1v) is 15.3. The highest BCUT2D eigenvalue weighted by molar-refractivity contribution is 6.05. The molecule has 1 aliphatic rings. The highest BCUT2D eigenvalue weighted by Crippen LogP contribution is 2.31. The SMILES string of the molecule is Cc1ccc(C(=O)N2CCC(c3ccc(-c4cnn(-c5cccnc5)c4)cc3)CC2)cc1NC(=O)c1ccc(NC(C)C)nc1. The number of carbonyl (C=O) groups excluding carboxylic acids is 2. The zero-order valence-electron chi connectivity index (χ0n) is 25.8. The van der Waals surface area contributed by atoms with Crippen molar-refractivity contribution in [2.45, 2.75) is 45.6 Å². The Bertz CT molecular complexity index is 1770. The largest absolute Gasteiger partial charge is 0.368 e. The van der Waals surface area contributed by atoms with E-state index in [9.17, 15) is 9.59 Å². The molecule has 4 heterocycles. The first-order chi connectivity index (χ1) is 21.8. The van der Waals surface area contributed by atoms with Crippen LogP contribution in [0.4, 0.5) is 11.5 Å². The van der Waals surface area contributed by atoms with Gasteiger partial charge in [0.1, 0.15) is 5.82 Å². The van der Waals surface area contributed by atoms with Gasteiger partial charge in [-0.15, -0.1) is 0 Å². The number of benzene rings is 2. The molecule has 2 aromatic carbocycles. The fraction of sp³-hybridized carbons (Fsp3) is 0.250. The summed E-state index contributed by atoms with van der Waals surface area (Å²) in [6.07, 6.45) is 10.8. The van der Waals surface area contributed by atoms with Crippen molar-refractivity contribution in [3.05, 3.63) is 120 Å². The third-order valence-electron chi connectivity index (χ3n) is 8.19. The van der Waals surface area contributed by atoms with E-state index in [0.29, 0.717) is 35.8 Å². The van der Waals surface area contributed by atoms with E-state index in [1.54, 1.807) is 36.8 Å². The van der Waals surface area contributed by atoms with E-state index in [1.165, 1.54) is 5.56 Å². The number of carbonyl (C=O) groups is 2. The molecule has 3 aromatic heterocycles. The van der Waals surface area contributed by atoms with E-state index in [0.717, 1.165) is 41.0 Å². The highest BCUT2D eigenvalue weighted by Gasteiger charge is 2.25. The maximum atomic E-state index is 13.5. The Hall–Kier alpha value is -5.31. The predicted octanol–water partition coefficient (Wildman–Crippen LogP) is 6.73. The number of anilines is 2. The standard InChI is InChI=1S/C36H37N7O2/c1-24(2)40-34-13-12-30(20-38-34)35(44)41-33-19-29(7-6-25(33)3)36(45)42-17-14-28(15-18-42)26-8-10-27(11-9-26)31-21-39-43(23-31)32-5-4-16-37-22-32/h4-13,16,19-24,28H,14-15,17-18H2,1-3H3,(H,38,40)(H,41,44). The lowest BCUT2D eigenvalue weighted by Crippen LogP contribution is -2.38. The second kappa shape index (κ2) is 13.1. The van der Waals surface area contributed by atoms with Crippen LogP contribution in [0.1, 0.15) is 64.4 Å². The molecule has 6 rings (SSSR count). The number of nitrogens with zero attached hydrogens (tertiary/aromatic N) is 5. The summed E-state index contributed by atoms with van der Waals surface area (Å²) in [5.41, 5.74) is 6.90. The lowest BCUT2D eigenvalue weighted by molar-refractivity contribution is 0.0712. The lowest BCUT2D eigenvalue weighted by Gasteiger charge is -2.32. The van der Waals surface area contributed by atoms with Crippen molar-refractivity contribution in [2.75, 3.05) is 23.7 Å². The van der Waals surface area contributed by atoms with Crippen molar-refractivity contribution in [1.82, 2.24) is 24.6 Å².